The lowest BCUT2D eigenvalue weighted by atomic mass is 10.00. The molecule has 8 atom stereocenters. The summed E-state index contributed by atoms with van der Waals surface area (Å²) in [5.41, 5.74) is 0.863. The van der Waals surface area contributed by atoms with Gasteiger partial charge in [0.05, 0.1) is 42.7 Å². The molecular formula is C37H66O7. The maximum Gasteiger partial charge on any atom is 0.334 e. The molecule has 3 aliphatic rings. The van der Waals surface area contributed by atoms with Crippen molar-refractivity contribution in [2.75, 3.05) is 0 Å². The fraction of sp³-hybridized carbons (Fsp3) is 0.919. The third-order valence-electron chi connectivity index (χ3n) is 10.1. The van der Waals surface area contributed by atoms with Crippen molar-refractivity contribution in [2.24, 2.45) is 0 Å². The van der Waals surface area contributed by atoms with Crippen LogP contribution >= 0.6 is 0 Å². The summed E-state index contributed by atoms with van der Waals surface area (Å²) in [6.07, 6.45) is 25.8. The predicted octanol–water partition coefficient (Wildman–Crippen LogP) is 7.86. The van der Waals surface area contributed by atoms with Gasteiger partial charge in [0.2, 0.25) is 0 Å². The molecule has 0 aromatic heterocycles. The Kier molecular flexibility index (Phi) is 18.5. The summed E-state index contributed by atoms with van der Waals surface area (Å²) in [4.78, 5) is 11.6. The van der Waals surface area contributed by atoms with E-state index in [2.05, 4.69) is 6.92 Å². The molecule has 256 valence electrons. The van der Waals surface area contributed by atoms with Crippen LogP contribution in [0.2, 0.25) is 0 Å². The molecule has 2 unspecified atom stereocenters. The number of hydrogen-bond acceptors (Lipinski definition) is 7. The van der Waals surface area contributed by atoms with Gasteiger partial charge < -0.3 is 29.5 Å². The zero-order valence-corrected chi connectivity index (χ0v) is 28.1. The van der Waals surface area contributed by atoms with Crippen molar-refractivity contribution in [3.63, 3.8) is 0 Å². The molecule has 3 N–H and O–H groups in total. The Morgan fingerprint density at radius 1 is 0.659 bits per heavy atom. The number of hydrogen-bond donors (Lipinski definition) is 3. The first-order valence-corrected chi connectivity index (χ1v) is 18.6. The van der Waals surface area contributed by atoms with Crippen molar-refractivity contribution in [1.29, 1.82) is 0 Å². The summed E-state index contributed by atoms with van der Waals surface area (Å²) in [5.74, 6) is -0.123. The number of rotatable bonds is 25. The van der Waals surface area contributed by atoms with Gasteiger partial charge in [0, 0.05) is 5.57 Å². The van der Waals surface area contributed by atoms with E-state index in [0.717, 1.165) is 95.5 Å². The normalized spacial score (nSPS) is 27.4. The molecule has 0 aromatic carbocycles. The van der Waals surface area contributed by atoms with E-state index < -0.39 is 12.2 Å². The van der Waals surface area contributed by atoms with Gasteiger partial charge in [-0.25, -0.2) is 4.79 Å². The van der Waals surface area contributed by atoms with E-state index >= 15 is 0 Å². The SMILES string of the molecule is CCCCCC(O)CCCC[C@H](O)[C@H]1CC[C@H]([C@H]2CC[C@H]([C@H](O)CCCCCCCCCCCCC3=CC(C)OC3=O)O2)O1. The van der Waals surface area contributed by atoms with Gasteiger partial charge in [0.25, 0.3) is 0 Å². The van der Waals surface area contributed by atoms with Crippen LogP contribution in [0.3, 0.4) is 0 Å². The van der Waals surface area contributed by atoms with Crippen LogP contribution in [-0.4, -0.2) is 70.1 Å². The van der Waals surface area contributed by atoms with E-state index in [4.69, 9.17) is 14.2 Å². The van der Waals surface area contributed by atoms with Crippen LogP contribution in [0, 0.1) is 0 Å². The van der Waals surface area contributed by atoms with Gasteiger partial charge in [-0.3, -0.25) is 0 Å². The van der Waals surface area contributed by atoms with Gasteiger partial charge in [0.15, 0.2) is 0 Å². The molecule has 44 heavy (non-hydrogen) atoms. The molecule has 3 rings (SSSR count). The number of aliphatic hydroxyl groups is 3. The van der Waals surface area contributed by atoms with Crippen LogP contribution in [-0.2, 0) is 19.0 Å². The van der Waals surface area contributed by atoms with Crippen molar-refractivity contribution in [1.82, 2.24) is 0 Å². The predicted molar refractivity (Wildman–Crippen MR) is 175 cm³/mol. The van der Waals surface area contributed by atoms with Gasteiger partial charge in [0.1, 0.15) is 6.10 Å². The third kappa shape index (κ3) is 14.2. The highest BCUT2D eigenvalue weighted by atomic mass is 16.6. The average molecular weight is 623 g/mol. The molecule has 3 aliphatic heterocycles. The first kappa shape index (κ1) is 37.5. The molecule has 0 saturated carbocycles. The van der Waals surface area contributed by atoms with Crippen LogP contribution < -0.4 is 0 Å². The molecule has 2 fully saturated rings. The van der Waals surface area contributed by atoms with Gasteiger partial charge >= 0.3 is 5.97 Å². The first-order chi connectivity index (χ1) is 21.4. The third-order valence-corrected chi connectivity index (χ3v) is 10.1. The Hall–Kier alpha value is -0.990. The average Bonchev–Trinajstić information content (AvgIpc) is 3.76. The van der Waals surface area contributed by atoms with Crippen molar-refractivity contribution in [2.45, 2.75) is 217 Å². The highest BCUT2D eigenvalue weighted by Gasteiger charge is 2.40. The Bertz CT molecular complexity index is 801. The van der Waals surface area contributed by atoms with Gasteiger partial charge in [-0.15, -0.1) is 0 Å². The second-order valence-electron chi connectivity index (χ2n) is 14.0. The molecule has 0 radical (unpaired) electrons. The van der Waals surface area contributed by atoms with E-state index in [0.29, 0.717) is 0 Å². The molecular weight excluding hydrogens is 556 g/mol. The zero-order chi connectivity index (χ0) is 31.6. The Balaban J connectivity index is 1.13. The zero-order valence-electron chi connectivity index (χ0n) is 28.1. The van der Waals surface area contributed by atoms with E-state index in [1.807, 2.05) is 13.0 Å². The molecule has 7 heteroatoms. The largest absolute Gasteiger partial charge is 0.455 e. The summed E-state index contributed by atoms with van der Waals surface area (Å²) in [5, 5.41) is 31.5. The van der Waals surface area contributed by atoms with Gasteiger partial charge in [-0.2, -0.15) is 0 Å². The molecule has 3 heterocycles. The van der Waals surface area contributed by atoms with Crippen molar-refractivity contribution >= 4 is 5.97 Å². The van der Waals surface area contributed by atoms with Crippen molar-refractivity contribution in [3.05, 3.63) is 11.6 Å². The van der Waals surface area contributed by atoms with E-state index in [1.165, 1.54) is 64.2 Å². The Morgan fingerprint density at radius 2 is 1.11 bits per heavy atom. The summed E-state index contributed by atoms with van der Waals surface area (Å²) in [6, 6.07) is 0. The number of ether oxygens (including phenoxy) is 3. The van der Waals surface area contributed by atoms with E-state index in [9.17, 15) is 20.1 Å². The first-order valence-electron chi connectivity index (χ1n) is 18.6. The van der Waals surface area contributed by atoms with Crippen molar-refractivity contribution in [3.8, 4) is 0 Å². The molecule has 0 amide bonds. The molecule has 0 aliphatic carbocycles. The lowest BCUT2D eigenvalue weighted by Crippen LogP contribution is -2.33. The highest BCUT2D eigenvalue weighted by molar-refractivity contribution is 5.90. The second-order valence-corrected chi connectivity index (χ2v) is 14.0. The minimum absolute atomic E-state index is 0.0274. The molecule has 7 nitrogen and oxygen atoms in total. The molecule has 0 spiro atoms. The highest BCUT2D eigenvalue weighted by Crippen LogP contribution is 2.34. The van der Waals surface area contributed by atoms with E-state index in [-0.39, 0.29) is 42.6 Å². The lowest BCUT2D eigenvalue weighted by Gasteiger charge is -2.24. The van der Waals surface area contributed by atoms with Crippen LogP contribution in [0.5, 0.6) is 0 Å². The number of unbranched alkanes of at least 4 members (excludes halogenated alkanes) is 12. The number of cyclic esters (lactones) is 1. The van der Waals surface area contributed by atoms with Gasteiger partial charge in [-0.05, 0) is 77.2 Å². The second kappa shape index (κ2) is 21.7. The minimum atomic E-state index is -0.447. The Labute approximate surface area is 268 Å². The fourth-order valence-corrected chi connectivity index (χ4v) is 7.27. The summed E-state index contributed by atoms with van der Waals surface area (Å²) in [6.45, 7) is 4.09. The molecule has 0 bridgehead atoms. The van der Waals surface area contributed by atoms with Crippen LogP contribution in [0.25, 0.3) is 0 Å². The summed E-state index contributed by atoms with van der Waals surface area (Å²) in [7, 11) is 0. The van der Waals surface area contributed by atoms with Gasteiger partial charge in [-0.1, -0.05) is 96.8 Å². The number of carbonyl (C=O) groups excluding carboxylic acids is 1. The molecule has 2 saturated heterocycles. The quantitative estimate of drug-likeness (QED) is 0.0703. The maximum absolute atomic E-state index is 11.6. The molecule has 0 aromatic rings. The van der Waals surface area contributed by atoms with E-state index in [1.54, 1.807) is 0 Å². The maximum atomic E-state index is 11.6. The monoisotopic (exact) mass is 622 g/mol. The van der Waals surface area contributed by atoms with Crippen LogP contribution in [0.4, 0.5) is 0 Å². The smallest absolute Gasteiger partial charge is 0.334 e. The minimum Gasteiger partial charge on any atom is -0.455 e. The fourth-order valence-electron chi connectivity index (χ4n) is 7.27. The topological polar surface area (TPSA) is 105 Å². The number of esters is 1. The standard InChI is InChI=1S/C37H66O7/c1-3-4-13-19-30(38)20-16-17-22-32(40)34-24-26-36(44-34)35-25-23-33(43-35)31(39)21-15-12-10-8-6-5-7-9-11-14-18-29-27-28(2)42-37(29)41/h27-28,30-36,38-40H,3-26H2,1-2H3/t28?,30?,31-,32+,33-,34-,35-,36-/m1/s1. The summed E-state index contributed by atoms with van der Waals surface area (Å²) < 4.78 is 17.7. The number of carbonyl (C=O) groups is 1. The number of aliphatic hydroxyl groups excluding tert-OH is 3. The van der Waals surface area contributed by atoms with Crippen LogP contribution in [0.15, 0.2) is 11.6 Å². The Morgan fingerprint density at radius 3 is 1.61 bits per heavy atom. The van der Waals surface area contributed by atoms with Crippen molar-refractivity contribution < 1.29 is 34.3 Å². The summed E-state index contributed by atoms with van der Waals surface area (Å²) >= 11 is 0. The van der Waals surface area contributed by atoms with Crippen LogP contribution in [0.1, 0.15) is 168 Å². The lowest BCUT2D eigenvalue weighted by molar-refractivity contribution is -0.139.